The number of sulfonamides is 1. The Labute approximate surface area is 255 Å². The smallest absolute Gasteiger partial charge is 0.244 e. The lowest BCUT2D eigenvalue weighted by Gasteiger charge is -2.34. The van der Waals surface area contributed by atoms with Crippen LogP contribution in [0.5, 0.6) is 5.75 Å². The zero-order valence-electron chi connectivity index (χ0n) is 23.5. The fourth-order valence-electron chi connectivity index (χ4n) is 4.25. The number of nitrogens with zero attached hydrogens (tertiary/aromatic N) is 2. The summed E-state index contributed by atoms with van der Waals surface area (Å²) in [5, 5.41) is 3.21. The summed E-state index contributed by atoms with van der Waals surface area (Å²) in [6, 6.07) is 20.3. The van der Waals surface area contributed by atoms with Crippen LogP contribution in [-0.2, 0) is 32.6 Å². The molecule has 3 aromatic rings. The van der Waals surface area contributed by atoms with Crippen molar-refractivity contribution >= 4 is 55.1 Å². The molecule has 8 nitrogen and oxygen atoms in total. The van der Waals surface area contributed by atoms with E-state index < -0.39 is 28.5 Å². The Balaban J connectivity index is 2.07. The molecular formula is C30H35BrClN3O5S. The predicted molar refractivity (Wildman–Crippen MR) is 167 cm³/mol. The number of nitrogens with one attached hydrogen (secondary N) is 1. The minimum atomic E-state index is -3.91. The number of hydrogen-bond donors (Lipinski definition) is 1. The number of amides is 2. The van der Waals surface area contributed by atoms with Crippen molar-refractivity contribution in [3.63, 3.8) is 0 Å². The number of carbonyl (C=O) groups is 2. The molecule has 41 heavy (non-hydrogen) atoms. The summed E-state index contributed by atoms with van der Waals surface area (Å²) in [7, 11) is -2.46. The molecular weight excluding hydrogens is 630 g/mol. The van der Waals surface area contributed by atoms with E-state index in [1.165, 1.54) is 30.2 Å². The highest BCUT2D eigenvalue weighted by Crippen LogP contribution is 2.30. The molecule has 3 aromatic carbocycles. The molecule has 0 aliphatic heterocycles. The van der Waals surface area contributed by atoms with Crippen molar-refractivity contribution in [2.24, 2.45) is 0 Å². The molecule has 0 saturated carbocycles. The Morgan fingerprint density at radius 2 is 1.71 bits per heavy atom. The van der Waals surface area contributed by atoms with Gasteiger partial charge in [0.2, 0.25) is 21.8 Å². The molecule has 3 rings (SSSR count). The van der Waals surface area contributed by atoms with Crippen LogP contribution in [0, 0.1) is 0 Å². The molecule has 0 bridgehead atoms. The van der Waals surface area contributed by atoms with Crippen LogP contribution in [0.3, 0.4) is 0 Å². The molecule has 0 aliphatic carbocycles. The van der Waals surface area contributed by atoms with Crippen molar-refractivity contribution < 1.29 is 22.7 Å². The second-order valence-electron chi connectivity index (χ2n) is 9.76. The molecule has 0 unspecified atom stereocenters. The molecule has 0 fully saturated rings. The highest BCUT2D eigenvalue weighted by atomic mass is 79.9. The van der Waals surface area contributed by atoms with Gasteiger partial charge in [-0.15, -0.1) is 0 Å². The van der Waals surface area contributed by atoms with E-state index in [4.69, 9.17) is 16.3 Å². The van der Waals surface area contributed by atoms with E-state index in [1.54, 1.807) is 0 Å². The normalized spacial score (nSPS) is 12.7. The number of halogens is 2. The molecule has 2 amide bonds. The van der Waals surface area contributed by atoms with Crippen LogP contribution in [0.15, 0.2) is 77.3 Å². The number of methoxy groups -OCH3 is 1. The number of anilines is 1. The van der Waals surface area contributed by atoms with Crippen molar-refractivity contribution in [3.8, 4) is 5.75 Å². The summed E-state index contributed by atoms with van der Waals surface area (Å²) in [6.45, 7) is 3.42. The van der Waals surface area contributed by atoms with E-state index in [2.05, 4.69) is 21.2 Å². The topological polar surface area (TPSA) is 96.0 Å². The largest absolute Gasteiger partial charge is 0.495 e. The van der Waals surface area contributed by atoms with Crippen LogP contribution in [0.1, 0.15) is 31.4 Å². The van der Waals surface area contributed by atoms with Crippen LogP contribution < -0.4 is 14.4 Å². The summed E-state index contributed by atoms with van der Waals surface area (Å²) >= 11 is 9.76. The standard InChI is InChI=1S/C30H35BrClN3O5S/c1-5-21(2)33-30(37)27(17-22-10-7-6-8-11-22)34(19-23-12-9-13-24(31)16-23)29(36)20-35(41(4,38)39)25-14-15-28(40-3)26(32)18-25/h6-16,18,21,27H,5,17,19-20H2,1-4H3,(H,33,37)/t21-,27+/m1/s1. The molecule has 0 radical (unpaired) electrons. The lowest BCUT2D eigenvalue weighted by atomic mass is 10.0. The van der Waals surface area contributed by atoms with Gasteiger partial charge in [-0.05, 0) is 54.8 Å². The van der Waals surface area contributed by atoms with Crippen LogP contribution in [-0.4, -0.2) is 57.1 Å². The summed E-state index contributed by atoms with van der Waals surface area (Å²) in [4.78, 5) is 29.3. The van der Waals surface area contributed by atoms with Crippen LogP contribution in [0.25, 0.3) is 0 Å². The van der Waals surface area contributed by atoms with Gasteiger partial charge < -0.3 is 15.0 Å². The first-order valence-electron chi connectivity index (χ1n) is 13.1. The van der Waals surface area contributed by atoms with Crippen LogP contribution >= 0.6 is 27.5 Å². The van der Waals surface area contributed by atoms with Crippen molar-refractivity contribution in [1.82, 2.24) is 10.2 Å². The minimum absolute atomic E-state index is 0.0880. The number of carbonyl (C=O) groups excluding carboxylic acids is 2. The monoisotopic (exact) mass is 663 g/mol. The number of ether oxygens (including phenoxy) is 1. The second kappa shape index (κ2) is 14.7. The summed E-state index contributed by atoms with van der Waals surface area (Å²) in [5.74, 6) is -0.483. The molecule has 220 valence electrons. The van der Waals surface area contributed by atoms with Crippen molar-refractivity contribution in [2.45, 2.75) is 45.3 Å². The van der Waals surface area contributed by atoms with E-state index in [0.717, 1.165) is 26.2 Å². The van der Waals surface area contributed by atoms with Gasteiger partial charge in [-0.25, -0.2) is 8.42 Å². The minimum Gasteiger partial charge on any atom is -0.495 e. The van der Waals surface area contributed by atoms with Crippen LogP contribution in [0.2, 0.25) is 5.02 Å². The maximum Gasteiger partial charge on any atom is 0.244 e. The molecule has 0 aliphatic rings. The van der Waals surface area contributed by atoms with Gasteiger partial charge in [0.05, 0.1) is 24.1 Å². The third-order valence-electron chi connectivity index (χ3n) is 6.62. The van der Waals surface area contributed by atoms with Gasteiger partial charge in [-0.1, -0.05) is 76.9 Å². The Hall–Kier alpha value is -3.08. The lowest BCUT2D eigenvalue weighted by molar-refractivity contribution is -0.140. The molecule has 11 heteroatoms. The Bertz CT molecular complexity index is 1460. The third kappa shape index (κ3) is 9.21. The number of hydrogen-bond acceptors (Lipinski definition) is 5. The molecule has 0 saturated heterocycles. The van der Waals surface area contributed by atoms with E-state index in [0.29, 0.717) is 12.2 Å². The van der Waals surface area contributed by atoms with Gasteiger partial charge in [-0.2, -0.15) is 0 Å². The summed E-state index contributed by atoms with van der Waals surface area (Å²) in [6.07, 6.45) is 1.98. The molecule has 0 heterocycles. The van der Waals surface area contributed by atoms with Gasteiger partial charge >= 0.3 is 0 Å². The third-order valence-corrected chi connectivity index (χ3v) is 8.55. The Kier molecular flexibility index (Phi) is 11.6. The molecule has 0 spiro atoms. The fourth-order valence-corrected chi connectivity index (χ4v) is 5.79. The Morgan fingerprint density at radius 1 is 1.02 bits per heavy atom. The van der Waals surface area contributed by atoms with Crippen molar-refractivity contribution in [3.05, 3.63) is 93.4 Å². The zero-order valence-corrected chi connectivity index (χ0v) is 26.7. The van der Waals surface area contributed by atoms with Gasteiger partial charge in [0.1, 0.15) is 18.3 Å². The Morgan fingerprint density at radius 3 is 2.29 bits per heavy atom. The maximum atomic E-state index is 14.1. The molecule has 1 N–H and O–H groups in total. The van der Waals surface area contributed by atoms with Crippen LogP contribution in [0.4, 0.5) is 5.69 Å². The highest BCUT2D eigenvalue weighted by molar-refractivity contribution is 9.10. The SMILES string of the molecule is CC[C@@H](C)NC(=O)[C@H](Cc1ccccc1)N(Cc1cccc(Br)c1)C(=O)CN(c1ccc(OC)c(Cl)c1)S(C)(=O)=O. The average Bonchev–Trinajstić information content (AvgIpc) is 2.93. The van der Waals surface area contributed by atoms with Crippen molar-refractivity contribution in [1.29, 1.82) is 0 Å². The van der Waals surface area contributed by atoms with E-state index >= 15 is 0 Å². The fraction of sp³-hybridized carbons (Fsp3) is 0.333. The van der Waals surface area contributed by atoms with E-state index in [9.17, 15) is 18.0 Å². The number of rotatable bonds is 13. The van der Waals surface area contributed by atoms with Crippen molar-refractivity contribution in [2.75, 3.05) is 24.2 Å². The van der Waals surface area contributed by atoms with Gasteiger partial charge in [0.15, 0.2) is 0 Å². The van der Waals surface area contributed by atoms with E-state index in [-0.39, 0.29) is 35.6 Å². The first-order valence-corrected chi connectivity index (χ1v) is 16.1. The second-order valence-corrected chi connectivity index (χ2v) is 13.0. The highest BCUT2D eigenvalue weighted by Gasteiger charge is 2.33. The first kappa shape index (κ1) is 32.4. The van der Waals surface area contributed by atoms with Gasteiger partial charge in [0, 0.05) is 23.5 Å². The zero-order chi connectivity index (χ0) is 30.2. The predicted octanol–water partition coefficient (Wildman–Crippen LogP) is 5.43. The molecule has 2 atom stereocenters. The average molecular weight is 665 g/mol. The van der Waals surface area contributed by atoms with Gasteiger partial charge in [0.25, 0.3) is 0 Å². The summed E-state index contributed by atoms with van der Waals surface area (Å²) in [5.41, 5.74) is 1.85. The quantitative estimate of drug-likeness (QED) is 0.263. The maximum absolute atomic E-state index is 14.1. The van der Waals surface area contributed by atoms with Gasteiger partial charge in [-0.3, -0.25) is 13.9 Å². The lowest BCUT2D eigenvalue weighted by Crippen LogP contribution is -2.54. The number of benzene rings is 3. The van der Waals surface area contributed by atoms with E-state index in [1.807, 2.05) is 68.4 Å². The first-order chi connectivity index (χ1) is 19.4. The summed E-state index contributed by atoms with van der Waals surface area (Å²) < 4.78 is 32.9. The molecule has 0 aromatic heterocycles.